The summed E-state index contributed by atoms with van der Waals surface area (Å²) in [5.74, 6) is 0.333. The largest absolute Gasteiger partial charge is 0.475 e. The van der Waals surface area contributed by atoms with Gasteiger partial charge in [0.05, 0.1) is 17.8 Å². The number of aromatic nitrogens is 2. The van der Waals surface area contributed by atoms with Crippen molar-refractivity contribution in [2.45, 2.75) is 32.9 Å². The molecule has 3 rings (SSSR count). The Morgan fingerprint density at radius 2 is 1.93 bits per heavy atom. The van der Waals surface area contributed by atoms with Gasteiger partial charge >= 0.3 is 0 Å². The molecule has 6 nitrogen and oxygen atoms in total. The maximum atomic E-state index is 12.3. The lowest BCUT2D eigenvalue weighted by Gasteiger charge is -2.19. The number of pyridine rings is 1. The Hall–Kier alpha value is -2.86. The summed E-state index contributed by atoms with van der Waals surface area (Å²) in [7, 11) is 0. The van der Waals surface area contributed by atoms with Crippen LogP contribution in [0.4, 0.5) is 0 Å². The molecule has 0 aliphatic carbocycles. The van der Waals surface area contributed by atoms with Gasteiger partial charge < -0.3 is 19.4 Å². The summed E-state index contributed by atoms with van der Waals surface area (Å²) in [6.07, 6.45) is 3.56. The molecule has 0 fully saturated rings. The fourth-order valence-electron chi connectivity index (χ4n) is 2.82. The molecule has 0 atom stereocenters. The van der Waals surface area contributed by atoms with Crippen molar-refractivity contribution in [1.29, 1.82) is 0 Å². The number of carbonyl (C=O) groups is 1. The Morgan fingerprint density at radius 3 is 2.68 bits per heavy atom. The van der Waals surface area contributed by atoms with Crippen LogP contribution in [0.25, 0.3) is 10.9 Å². The highest BCUT2D eigenvalue weighted by atomic mass is 16.5. The van der Waals surface area contributed by atoms with Crippen LogP contribution in [0.3, 0.4) is 0 Å². The topological polar surface area (TPSA) is 65.4 Å². The van der Waals surface area contributed by atoms with Gasteiger partial charge in [0.15, 0.2) is 0 Å². The summed E-state index contributed by atoms with van der Waals surface area (Å²) in [6, 6.07) is 13.7. The third kappa shape index (κ3) is 5.57. The molecule has 0 aliphatic heterocycles. The van der Waals surface area contributed by atoms with Crippen molar-refractivity contribution in [1.82, 2.24) is 14.9 Å². The van der Waals surface area contributed by atoms with Gasteiger partial charge in [0, 0.05) is 37.1 Å². The van der Waals surface area contributed by atoms with E-state index in [0.29, 0.717) is 37.7 Å². The molecule has 3 aromatic rings. The number of hydrogen-bond acceptors (Lipinski definition) is 4. The third-order valence-electron chi connectivity index (χ3n) is 4.19. The third-order valence-corrected chi connectivity index (χ3v) is 4.19. The van der Waals surface area contributed by atoms with Gasteiger partial charge in [0.1, 0.15) is 6.61 Å². The lowest BCUT2D eigenvalue weighted by molar-refractivity contribution is -0.0168. The van der Waals surface area contributed by atoms with Gasteiger partial charge in [-0.25, -0.2) is 4.98 Å². The van der Waals surface area contributed by atoms with E-state index in [1.54, 1.807) is 12.1 Å². The molecule has 0 saturated carbocycles. The molecule has 0 spiro atoms. The number of rotatable bonds is 8. The fourth-order valence-corrected chi connectivity index (χ4v) is 2.82. The molecule has 0 saturated heterocycles. The van der Waals surface area contributed by atoms with Crippen LogP contribution < -0.4 is 10.1 Å². The Bertz CT molecular complexity index is 911. The van der Waals surface area contributed by atoms with Gasteiger partial charge in [-0.1, -0.05) is 18.2 Å². The summed E-state index contributed by atoms with van der Waals surface area (Å²) >= 11 is 0. The Balaban J connectivity index is 1.44. The standard InChI is InChI=1S/C22H27N3O3/c1-22(2,3)28-15-14-27-20-9-8-18(16-24-20)21(26)23-11-13-25-12-10-17-6-4-5-7-19(17)25/h4-10,12,16H,11,13-15H2,1-3H3,(H,23,26). The predicted octanol–water partition coefficient (Wildman–Crippen LogP) is 3.66. The van der Waals surface area contributed by atoms with Crippen LogP contribution >= 0.6 is 0 Å². The zero-order valence-corrected chi connectivity index (χ0v) is 16.6. The molecule has 1 N–H and O–H groups in total. The van der Waals surface area contributed by atoms with E-state index in [9.17, 15) is 4.79 Å². The molecule has 1 aromatic carbocycles. The van der Waals surface area contributed by atoms with E-state index >= 15 is 0 Å². The van der Waals surface area contributed by atoms with E-state index < -0.39 is 0 Å². The highest BCUT2D eigenvalue weighted by Gasteiger charge is 2.10. The summed E-state index contributed by atoms with van der Waals surface area (Å²) < 4.78 is 13.3. The second kappa shape index (κ2) is 8.89. The number of nitrogens with one attached hydrogen (secondary N) is 1. The van der Waals surface area contributed by atoms with E-state index in [2.05, 4.69) is 33.1 Å². The molecule has 2 aromatic heterocycles. The van der Waals surface area contributed by atoms with Gasteiger partial charge in [0.25, 0.3) is 5.91 Å². The first-order chi connectivity index (χ1) is 13.4. The van der Waals surface area contributed by atoms with Crippen molar-refractivity contribution < 1.29 is 14.3 Å². The normalized spacial score (nSPS) is 11.5. The number of para-hydroxylation sites is 1. The molecular weight excluding hydrogens is 354 g/mol. The Morgan fingerprint density at radius 1 is 1.11 bits per heavy atom. The molecule has 0 bridgehead atoms. The number of benzene rings is 1. The predicted molar refractivity (Wildman–Crippen MR) is 110 cm³/mol. The maximum Gasteiger partial charge on any atom is 0.252 e. The van der Waals surface area contributed by atoms with Crippen molar-refractivity contribution in [3.05, 3.63) is 60.4 Å². The van der Waals surface area contributed by atoms with E-state index in [0.717, 1.165) is 5.52 Å². The quantitative estimate of drug-likeness (QED) is 0.605. The van der Waals surface area contributed by atoms with E-state index in [4.69, 9.17) is 9.47 Å². The van der Waals surface area contributed by atoms with E-state index in [1.807, 2.05) is 39.1 Å². The van der Waals surface area contributed by atoms with Crippen molar-refractivity contribution >= 4 is 16.8 Å². The highest BCUT2D eigenvalue weighted by molar-refractivity contribution is 5.93. The van der Waals surface area contributed by atoms with Gasteiger partial charge in [-0.15, -0.1) is 0 Å². The summed E-state index contributed by atoms with van der Waals surface area (Å²) in [6.45, 7) is 8.15. The molecule has 28 heavy (non-hydrogen) atoms. The first kappa shape index (κ1) is 19.9. The van der Waals surface area contributed by atoms with Crippen LogP contribution in [-0.4, -0.2) is 40.8 Å². The molecule has 0 aliphatic rings. The van der Waals surface area contributed by atoms with Crippen molar-refractivity contribution in [2.75, 3.05) is 19.8 Å². The van der Waals surface area contributed by atoms with Crippen LogP contribution in [0.1, 0.15) is 31.1 Å². The van der Waals surface area contributed by atoms with Crippen LogP contribution in [-0.2, 0) is 11.3 Å². The van der Waals surface area contributed by atoms with E-state index in [-0.39, 0.29) is 11.5 Å². The lowest BCUT2D eigenvalue weighted by atomic mass is 10.2. The van der Waals surface area contributed by atoms with Gasteiger partial charge in [-0.05, 0) is 44.4 Å². The van der Waals surface area contributed by atoms with Gasteiger partial charge in [-0.2, -0.15) is 0 Å². The SMILES string of the molecule is CC(C)(C)OCCOc1ccc(C(=O)NCCn2ccc3ccccc32)cn1. The minimum Gasteiger partial charge on any atom is -0.475 e. The number of nitrogens with zero attached hydrogens (tertiary/aromatic N) is 2. The number of amides is 1. The first-order valence-electron chi connectivity index (χ1n) is 9.47. The van der Waals surface area contributed by atoms with E-state index in [1.165, 1.54) is 11.6 Å². The van der Waals surface area contributed by atoms with Gasteiger partial charge in [-0.3, -0.25) is 4.79 Å². The van der Waals surface area contributed by atoms with Crippen molar-refractivity contribution in [3.63, 3.8) is 0 Å². The first-order valence-corrected chi connectivity index (χ1v) is 9.47. The van der Waals surface area contributed by atoms with Crippen molar-refractivity contribution in [2.24, 2.45) is 0 Å². The molecule has 2 heterocycles. The number of carbonyl (C=O) groups excluding carboxylic acids is 1. The zero-order chi connectivity index (χ0) is 20.0. The summed E-state index contributed by atoms with van der Waals surface area (Å²) in [5.41, 5.74) is 1.48. The number of fused-ring (bicyclic) bond motifs is 1. The Labute approximate surface area is 165 Å². The smallest absolute Gasteiger partial charge is 0.252 e. The summed E-state index contributed by atoms with van der Waals surface area (Å²) in [4.78, 5) is 16.5. The maximum absolute atomic E-state index is 12.3. The van der Waals surface area contributed by atoms with Crippen molar-refractivity contribution in [3.8, 4) is 5.88 Å². The van der Waals surface area contributed by atoms with Crippen LogP contribution in [0.2, 0.25) is 0 Å². The van der Waals surface area contributed by atoms with Crippen LogP contribution in [0.5, 0.6) is 5.88 Å². The Kier molecular flexibility index (Phi) is 6.31. The highest BCUT2D eigenvalue weighted by Crippen LogP contribution is 2.14. The average molecular weight is 381 g/mol. The zero-order valence-electron chi connectivity index (χ0n) is 16.6. The summed E-state index contributed by atoms with van der Waals surface area (Å²) in [5, 5.41) is 4.13. The van der Waals surface area contributed by atoms with Crippen LogP contribution in [0, 0.1) is 0 Å². The second-order valence-electron chi connectivity index (χ2n) is 7.52. The molecule has 148 valence electrons. The number of ether oxygens (including phenoxy) is 2. The fraction of sp³-hybridized carbons (Fsp3) is 0.364. The minimum absolute atomic E-state index is 0.147. The molecule has 0 unspecified atom stereocenters. The lowest BCUT2D eigenvalue weighted by Crippen LogP contribution is -2.27. The molecule has 6 heteroatoms. The van der Waals surface area contributed by atoms with Crippen LogP contribution in [0.15, 0.2) is 54.9 Å². The average Bonchev–Trinajstić information content (AvgIpc) is 3.08. The minimum atomic E-state index is -0.189. The molecule has 0 radical (unpaired) electrons. The number of hydrogen-bond donors (Lipinski definition) is 1. The molecule has 1 amide bonds. The van der Waals surface area contributed by atoms with Gasteiger partial charge in [0.2, 0.25) is 5.88 Å². The monoisotopic (exact) mass is 381 g/mol. The second-order valence-corrected chi connectivity index (χ2v) is 7.52. The molecular formula is C22H27N3O3.